The van der Waals surface area contributed by atoms with Gasteiger partial charge >= 0.3 is 0 Å². The third kappa shape index (κ3) is 6.58. The molecule has 0 aliphatic heterocycles. The summed E-state index contributed by atoms with van der Waals surface area (Å²) in [5.41, 5.74) is 2.70. The second-order valence-corrected chi connectivity index (χ2v) is 8.13. The Morgan fingerprint density at radius 2 is 1.52 bits per heavy atom. The molecule has 0 bridgehead atoms. The number of hydrogen-bond acceptors (Lipinski definition) is 2. The highest BCUT2D eigenvalue weighted by molar-refractivity contribution is 6.31. The first-order valence-electron chi connectivity index (χ1n) is 10.0. The molecule has 0 saturated heterocycles. The van der Waals surface area contributed by atoms with E-state index < -0.39 is 6.04 Å². The molecule has 0 saturated carbocycles. The Balaban J connectivity index is 1.83. The van der Waals surface area contributed by atoms with Crippen molar-refractivity contribution in [3.05, 3.63) is 106 Å². The fourth-order valence-electron chi connectivity index (χ4n) is 3.35. The lowest BCUT2D eigenvalue weighted by Gasteiger charge is -2.30. The minimum atomic E-state index is -0.668. The van der Waals surface area contributed by atoms with Gasteiger partial charge in [-0.25, -0.2) is 0 Å². The lowest BCUT2D eigenvalue weighted by molar-refractivity contribution is -0.139. The van der Waals surface area contributed by atoms with Crippen LogP contribution in [0.5, 0.6) is 0 Å². The van der Waals surface area contributed by atoms with Crippen molar-refractivity contribution in [1.29, 1.82) is 0 Å². The highest BCUT2D eigenvalue weighted by Gasteiger charge is 2.28. The largest absolute Gasteiger partial charge is 0.350 e. The van der Waals surface area contributed by atoms with Crippen LogP contribution in [-0.2, 0) is 29.1 Å². The van der Waals surface area contributed by atoms with E-state index in [-0.39, 0.29) is 18.4 Å². The molecule has 0 heterocycles. The van der Waals surface area contributed by atoms with Crippen LogP contribution < -0.4 is 5.32 Å². The van der Waals surface area contributed by atoms with E-state index in [0.29, 0.717) is 23.0 Å². The lowest BCUT2D eigenvalue weighted by Crippen LogP contribution is -2.49. The highest BCUT2D eigenvalue weighted by Crippen LogP contribution is 2.18. The first kappa shape index (κ1) is 22.9. The number of benzene rings is 3. The summed E-state index contributed by atoms with van der Waals surface area (Å²) in [4.78, 5) is 27.4. The minimum Gasteiger partial charge on any atom is -0.350 e. The van der Waals surface area contributed by atoms with Crippen LogP contribution in [0, 0.1) is 0 Å². The number of halogens is 2. The number of carbonyl (C=O) groups is 2. The first-order valence-corrected chi connectivity index (χ1v) is 10.8. The van der Waals surface area contributed by atoms with Crippen molar-refractivity contribution in [2.75, 3.05) is 0 Å². The second kappa shape index (κ2) is 11.0. The molecule has 31 heavy (non-hydrogen) atoms. The van der Waals surface area contributed by atoms with Crippen molar-refractivity contribution in [2.45, 2.75) is 32.5 Å². The number of hydrogen-bond donors (Lipinski definition) is 1. The highest BCUT2D eigenvalue weighted by atomic mass is 35.5. The molecule has 0 aromatic heterocycles. The Labute approximate surface area is 192 Å². The van der Waals surface area contributed by atoms with Crippen molar-refractivity contribution in [2.24, 2.45) is 0 Å². The molecule has 1 N–H and O–H groups in total. The fraction of sp³-hybridized carbons (Fsp3) is 0.200. The van der Waals surface area contributed by atoms with Gasteiger partial charge in [-0.2, -0.15) is 0 Å². The van der Waals surface area contributed by atoms with E-state index in [0.717, 1.165) is 16.7 Å². The van der Waals surface area contributed by atoms with Crippen LogP contribution in [0.4, 0.5) is 0 Å². The zero-order valence-electron chi connectivity index (χ0n) is 17.2. The summed E-state index contributed by atoms with van der Waals surface area (Å²) >= 11 is 12.2. The molecule has 1 atom stereocenters. The third-order valence-electron chi connectivity index (χ3n) is 5.03. The Morgan fingerprint density at radius 3 is 2.16 bits per heavy atom. The molecule has 3 aromatic carbocycles. The molecule has 3 aromatic rings. The minimum absolute atomic E-state index is 0.177. The van der Waals surface area contributed by atoms with Gasteiger partial charge in [0.05, 0.1) is 0 Å². The maximum Gasteiger partial charge on any atom is 0.243 e. The van der Waals surface area contributed by atoms with Gasteiger partial charge in [-0.1, -0.05) is 83.9 Å². The van der Waals surface area contributed by atoms with Crippen molar-refractivity contribution in [1.82, 2.24) is 10.2 Å². The Bertz CT molecular complexity index is 1020. The molecule has 0 fully saturated rings. The van der Waals surface area contributed by atoms with Gasteiger partial charge in [0.2, 0.25) is 11.8 Å². The average Bonchev–Trinajstić information content (AvgIpc) is 2.77. The predicted molar refractivity (Wildman–Crippen MR) is 125 cm³/mol. The van der Waals surface area contributed by atoms with Crippen LogP contribution in [-0.4, -0.2) is 22.8 Å². The monoisotopic (exact) mass is 454 g/mol. The van der Waals surface area contributed by atoms with Crippen LogP contribution in [0.2, 0.25) is 10.0 Å². The van der Waals surface area contributed by atoms with Gasteiger partial charge in [-0.05, 0) is 34.9 Å². The van der Waals surface area contributed by atoms with Crippen LogP contribution in [0.3, 0.4) is 0 Å². The van der Waals surface area contributed by atoms with Gasteiger partial charge < -0.3 is 10.2 Å². The van der Waals surface area contributed by atoms with Gasteiger partial charge in [-0.3, -0.25) is 9.59 Å². The van der Waals surface area contributed by atoms with Crippen molar-refractivity contribution >= 4 is 35.0 Å². The average molecular weight is 455 g/mol. The molecule has 0 aliphatic carbocycles. The fourth-order valence-corrected chi connectivity index (χ4v) is 3.68. The number of nitrogens with one attached hydrogen (secondary N) is 1. The van der Waals surface area contributed by atoms with E-state index in [4.69, 9.17) is 23.2 Å². The molecule has 0 unspecified atom stereocenters. The Hall–Kier alpha value is -2.82. The van der Waals surface area contributed by atoms with Crippen LogP contribution in [0.25, 0.3) is 0 Å². The SMILES string of the molecule is CC(=O)N(Cc1ccc(Cl)cc1)[C@H](Cc1ccccc1)C(=O)NCc1ccccc1Cl. The normalized spacial score (nSPS) is 11.6. The number of nitrogens with zero attached hydrogens (tertiary/aromatic N) is 1. The molecular weight excluding hydrogens is 431 g/mol. The van der Waals surface area contributed by atoms with E-state index in [9.17, 15) is 9.59 Å². The van der Waals surface area contributed by atoms with Gasteiger partial charge in [0.25, 0.3) is 0 Å². The Morgan fingerprint density at radius 1 is 0.871 bits per heavy atom. The zero-order chi connectivity index (χ0) is 22.2. The summed E-state index contributed by atoms with van der Waals surface area (Å²) < 4.78 is 0. The van der Waals surface area contributed by atoms with Crippen LogP contribution >= 0.6 is 23.2 Å². The molecule has 0 radical (unpaired) electrons. The molecule has 3 rings (SSSR count). The topological polar surface area (TPSA) is 49.4 Å². The summed E-state index contributed by atoms with van der Waals surface area (Å²) in [6.07, 6.45) is 0.405. The Kier molecular flexibility index (Phi) is 8.10. The molecule has 4 nitrogen and oxygen atoms in total. The van der Waals surface area contributed by atoms with E-state index in [1.165, 1.54) is 6.92 Å². The summed E-state index contributed by atoms with van der Waals surface area (Å²) in [6, 6.07) is 23.6. The predicted octanol–water partition coefficient (Wildman–Crippen LogP) is 5.27. The zero-order valence-corrected chi connectivity index (χ0v) is 18.7. The smallest absolute Gasteiger partial charge is 0.243 e. The van der Waals surface area contributed by atoms with E-state index >= 15 is 0 Å². The van der Waals surface area contributed by atoms with E-state index in [1.54, 1.807) is 23.1 Å². The van der Waals surface area contributed by atoms with E-state index in [2.05, 4.69) is 5.32 Å². The van der Waals surface area contributed by atoms with Crippen LogP contribution in [0.15, 0.2) is 78.9 Å². The van der Waals surface area contributed by atoms with Gasteiger partial charge in [-0.15, -0.1) is 0 Å². The van der Waals surface area contributed by atoms with E-state index in [1.807, 2.05) is 60.7 Å². The molecule has 160 valence electrons. The second-order valence-electron chi connectivity index (χ2n) is 7.29. The third-order valence-corrected chi connectivity index (χ3v) is 5.65. The molecule has 0 spiro atoms. The summed E-state index contributed by atoms with van der Waals surface area (Å²) in [5.74, 6) is -0.406. The lowest BCUT2D eigenvalue weighted by atomic mass is 10.0. The molecule has 6 heteroatoms. The van der Waals surface area contributed by atoms with Crippen molar-refractivity contribution in [3.8, 4) is 0 Å². The van der Waals surface area contributed by atoms with Crippen LogP contribution in [0.1, 0.15) is 23.6 Å². The molecule has 0 aliphatic rings. The quantitative estimate of drug-likeness (QED) is 0.503. The maximum absolute atomic E-state index is 13.3. The van der Waals surface area contributed by atoms with Gasteiger partial charge in [0.1, 0.15) is 6.04 Å². The molecule has 2 amide bonds. The molecular formula is C25H24Cl2N2O2. The summed E-state index contributed by atoms with van der Waals surface area (Å²) in [7, 11) is 0. The summed E-state index contributed by atoms with van der Waals surface area (Å²) in [6.45, 7) is 2.08. The number of carbonyl (C=O) groups excluding carboxylic acids is 2. The number of rotatable bonds is 8. The maximum atomic E-state index is 13.3. The van der Waals surface area contributed by atoms with Gasteiger partial charge in [0, 0.05) is 36.5 Å². The van der Waals surface area contributed by atoms with Crippen molar-refractivity contribution < 1.29 is 9.59 Å². The number of amides is 2. The van der Waals surface area contributed by atoms with Gasteiger partial charge in [0.15, 0.2) is 0 Å². The van der Waals surface area contributed by atoms with Crippen molar-refractivity contribution in [3.63, 3.8) is 0 Å². The first-order chi connectivity index (χ1) is 14.9. The summed E-state index contributed by atoms with van der Waals surface area (Å²) in [5, 5.41) is 4.16. The standard InChI is InChI=1S/C25H24Cl2N2O2/c1-18(30)29(17-20-11-13-22(26)14-12-20)24(15-19-7-3-2-4-8-19)25(31)28-16-21-9-5-6-10-23(21)27/h2-14,24H,15-17H2,1H3,(H,28,31)/t24-/m1/s1.